The van der Waals surface area contributed by atoms with Crippen molar-refractivity contribution < 1.29 is 14.3 Å². The third-order valence-corrected chi connectivity index (χ3v) is 4.79. The van der Waals surface area contributed by atoms with E-state index in [2.05, 4.69) is 4.98 Å². The van der Waals surface area contributed by atoms with Crippen molar-refractivity contribution >= 4 is 11.8 Å². The average Bonchev–Trinajstić information content (AvgIpc) is 3.10. The van der Waals surface area contributed by atoms with E-state index >= 15 is 0 Å². The van der Waals surface area contributed by atoms with Gasteiger partial charge < -0.3 is 14.5 Å². The minimum Gasteiger partial charge on any atom is -0.364 e. The van der Waals surface area contributed by atoms with Gasteiger partial charge in [-0.2, -0.15) is 0 Å². The predicted octanol–water partition coefficient (Wildman–Crippen LogP) is 1.33. The van der Waals surface area contributed by atoms with Gasteiger partial charge in [-0.25, -0.2) is 0 Å². The summed E-state index contributed by atoms with van der Waals surface area (Å²) in [6.45, 7) is 1.61. The van der Waals surface area contributed by atoms with E-state index in [-0.39, 0.29) is 30.6 Å². The highest BCUT2D eigenvalue weighted by Crippen LogP contribution is 2.26. The van der Waals surface area contributed by atoms with Crippen molar-refractivity contribution in [3.05, 3.63) is 66.0 Å². The summed E-state index contributed by atoms with van der Waals surface area (Å²) in [7, 11) is 0. The maximum Gasteiger partial charge on any atom is 0.254 e. The number of carbonyl (C=O) groups excluding carboxylic acids is 2. The summed E-state index contributed by atoms with van der Waals surface area (Å²) >= 11 is 0. The molecule has 6 nitrogen and oxygen atoms in total. The molecule has 0 unspecified atom stereocenters. The molecule has 0 radical (unpaired) electrons. The first-order valence-corrected chi connectivity index (χ1v) is 8.36. The average molecular weight is 337 g/mol. The van der Waals surface area contributed by atoms with Crippen LogP contribution in [0.15, 0.2) is 54.9 Å². The number of fused-ring (bicyclic) bond motifs is 1. The van der Waals surface area contributed by atoms with Gasteiger partial charge in [0, 0.05) is 37.6 Å². The second kappa shape index (κ2) is 6.64. The van der Waals surface area contributed by atoms with Gasteiger partial charge in [-0.1, -0.05) is 30.3 Å². The molecular formula is C19H19N3O3. The number of benzene rings is 1. The van der Waals surface area contributed by atoms with Gasteiger partial charge >= 0.3 is 0 Å². The van der Waals surface area contributed by atoms with Gasteiger partial charge in [0.05, 0.1) is 12.1 Å². The van der Waals surface area contributed by atoms with E-state index in [0.29, 0.717) is 25.2 Å². The van der Waals surface area contributed by atoms with Crippen LogP contribution in [-0.2, 0) is 16.1 Å². The van der Waals surface area contributed by atoms with E-state index in [4.69, 9.17) is 4.74 Å². The number of morpholine rings is 1. The largest absolute Gasteiger partial charge is 0.364 e. The smallest absolute Gasteiger partial charge is 0.254 e. The van der Waals surface area contributed by atoms with E-state index in [1.54, 1.807) is 29.4 Å². The molecule has 0 N–H and O–H groups in total. The molecule has 25 heavy (non-hydrogen) atoms. The fourth-order valence-corrected chi connectivity index (χ4v) is 3.49. The fourth-order valence-electron chi connectivity index (χ4n) is 3.49. The molecule has 1 aromatic carbocycles. The lowest BCUT2D eigenvalue weighted by Gasteiger charge is -2.36. The number of rotatable bonds is 3. The highest BCUT2D eigenvalue weighted by Gasteiger charge is 2.44. The number of pyridine rings is 1. The van der Waals surface area contributed by atoms with Crippen LogP contribution in [0.1, 0.15) is 15.9 Å². The van der Waals surface area contributed by atoms with E-state index in [1.807, 2.05) is 35.2 Å². The zero-order chi connectivity index (χ0) is 17.2. The second-order valence-corrected chi connectivity index (χ2v) is 6.37. The molecule has 0 bridgehead atoms. The van der Waals surface area contributed by atoms with Crippen molar-refractivity contribution in [1.29, 1.82) is 0 Å². The molecule has 2 saturated heterocycles. The van der Waals surface area contributed by atoms with Crippen LogP contribution in [0.3, 0.4) is 0 Å². The molecular weight excluding hydrogens is 318 g/mol. The van der Waals surface area contributed by atoms with E-state index in [0.717, 1.165) is 5.56 Å². The van der Waals surface area contributed by atoms with Gasteiger partial charge in [-0.05, 0) is 17.7 Å². The Morgan fingerprint density at radius 3 is 2.64 bits per heavy atom. The number of hydrogen-bond acceptors (Lipinski definition) is 4. The van der Waals surface area contributed by atoms with Gasteiger partial charge in [0.25, 0.3) is 5.91 Å². The predicted molar refractivity (Wildman–Crippen MR) is 90.7 cm³/mol. The molecule has 128 valence electrons. The highest BCUT2D eigenvalue weighted by molar-refractivity contribution is 5.94. The van der Waals surface area contributed by atoms with Gasteiger partial charge in [0.15, 0.2) is 0 Å². The number of ether oxygens (including phenoxy) is 1. The topological polar surface area (TPSA) is 62.7 Å². The Bertz CT molecular complexity index is 766. The highest BCUT2D eigenvalue weighted by atomic mass is 16.5. The number of carbonyl (C=O) groups is 2. The van der Waals surface area contributed by atoms with Gasteiger partial charge in [0.2, 0.25) is 5.91 Å². The van der Waals surface area contributed by atoms with Crippen molar-refractivity contribution in [2.24, 2.45) is 0 Å². The zero-order valence-corrected chi connectivity index (χ0v) is 13.7. The van der Waals surface area contributed by atoms with Crippen molar-refractivity contribution in [2.75, 3.05) is 19.7 Å². The maximum atomic E-state index is 12.7. The van der Waals surface area contributed by atoms with Crippen molar-refractivity contribution in [2.45, 2.75) is 18.7 Å². The van der Waals surface area contributed by atoms with Crippen LogP contribution < -0.4 is 0 Å². The standard InChI is InChI=1S/C19H19N3O3/c23-18-13-25-17-12-21(19(24)15-6-8-20-9-7-15)11-16(17)22(18)10-14-4-2-1-3-5-14/h1-9,16-17H,10-13H2/t16-,17+/m1/s1. The summed E-state index contributed by atoms with van der Waals surface area (Å²) in [5.41, 5.74) is 1.69. The molecule has 2 fully saturated rings. The lowest BCUT2D eigenvalue weighted by molar-refractivity contribution is -0.153. The molecule has 1 aromatic heterocycles. The summed E-state index contributed by atoms with van der Waals surface area (Å²) in [6.07, 6.45) is 3.09. The SMILES string of the molecule is O=C(c1ccncc1)N1C[C@@H]2OCC(=O)N(Cc3ccccc3)[C@@H]2C1. The summed E-state index contributed by atoms with van der Waals surface area (Å²) in [5.74, 6) is -0.0733. The minimum absolute atomic E-state index is 0.0247. The molecule has 2 aliphatic rings. The van der Waals surface area contributed by atoms with Crippen LogP contribution in [0.4, 0.5) is 0 Å². The summed E-state index contributed by atoms with van der Waals surface area (Å²) in [6, 6.07) is 13.2. The molecule has 2 atom stereocenters. The van der Waals surface area contributed by atoms with E-state index in [1.165, 1.54) is 0 Å². The molecule has 2 aromatic rings. The first-order chi connectivity index (χ1) is 12.2. The van der Waals surface area contributed by atoms with Gasteiger partial charge in [0.1, 0.15) is 6.61 Å². The zero-order valence-electron chi connectivity index (χ0n) is 13.7. The maximum absolute atomic E-state index is 12.7. The Morgan fingerprint density at radius 1 is 1.12 bits per heavy atom. The summed E-state index contributed by atoms with van der Waals surface area (Å²) < 4.78 is 5.70. The first kappa shape index (κ1) is 15.8. The van der Waals surface area contributed by atoms with Crippen molar-refractivity contribution in [1.82, 2.24) is 14.8 Å². The lowest BCUT2D eigenvalue weighted by Crippen LogP contribution is -2.53. The number of hydrogen-bond donors (Lipinski definition) is 0. The minimum atomic E-state index is -0.132. The Hall–Kier alpha value is -2.73. The lowest BCUT2D eigenvalue weighted by atomic mass is 10.1. The number of aromatic nitrogens is 1. The molecule has 4 rings (SSSR count). The first-order valence-electron chi connectivity index (χ1n) is 8.36. The Balaban J connectivity index is 1.52. The summed E-state index contributed by atoms with van der Waals surface area (Å²) in [4.78, 5) is 32.6. The number of likely N-dealkylation sites (tertiary alicyclic amines) is 1. The fraction of sp³-hybridized carbons (Fsp3) is 0.316. The monoisotopic (exact) mass is 337 g/mol. The van der Waals surface area contributed by atoms with Gasteiger partial charge in [-0.3, -0.25) is 14.6 Å². The Morgan fingerprint density at radius 2 is 1.88 bits per heavy atom. The normalized spacial score (nSPS) is 22.8. The number of amides is 2. The molecule has 6 heteroatoms. The van der Waals surface area contributed by atoms with Crippen LogP contribution in [0, 0.1) is 0 Å². The summed E-state index contributed by atoms with van der Waals surface area (Å²) in [5, 5.41) is 0. The molecule has 2 aliphatic heterocycles. The van der Waals surface area contributed by atoms with Crippen LogP contribution in [0.2, 0.25) is 0 Å². The quantitative estimate of drug-likeness (QED) is 0.848. The number of nitrogens with zero attached hydrogens (tertiary/aromatic N) is 3. The van der Waals surface area contributed by atoms with E-state index < -0.39 is 0 Å². The van der Waals surface area contributed by atoms with Gasteiger partial charge in [-0.15, -0.1) is 0 Å². The molecule has 3 heterocycles. The van der Waals surface area contributed by atoms with Crippen LogP contribution >= 0.6 is 0 Å². The molecule has 0 saturated carbocycles. The second-order valence-electron chi connectivity index (χ2n) is 6.37. The Labute approximate surface area is 146 Å². The molecule has 2 amide bonds. The van der Waals surface area contributed by atoms with E-state index in [9.17, 15) is 9.59 Å². The van der Waals surface area contributed by atoms with Crippen molar-refractivity contribution in [3.8, 4) is 0 Å². The van der Waals surface area contributed by atoms with Crippen LogP contribution in [-0.4, -0.2) is 58.4 Å². The third-order valence-electron chi connectivity index (χ3n) is 4.79. The third kappa shape index (κ3) is 3.13. The van der Waals surface area contributed by atoms with Crippen LogP contribution in [0.5, 0.6) is 0 Å². The molecule has 0 aliphatic carbocycles. The van der Waals surface area contributed by atoms with Crippen molar-refractivity contribution in [3.63, 3.8) is 0 Å². The molecule has 0 spiro atoms. The van der Waals surface area contributed by atoms with Crippen LogP contribution in [0.25, 0.3) is 0 Å². The Kier molecular flexibility index (Phi) is 4.19.